The lowest BCUT2D eigenvalue weighted by Gasteiger charge is -2.21. The van der Waals surface area contributed by atoms with Crippen molar-refractivity contribution in [2.45, 2.75) is 20.4 Å². The molecule has 90 valence electrons. The fourth-order valence-corrected chi connectivity index (χ4v) is 1.99. The summed E-state index contributed by atoms with van der Waals surface area (Å²) in [6.45, 7) is 5.50. The molecule has 0 saturated heterocycles. The van der Waals surface area contributed by atoms with Gasteiger partial charge in [0.15, 0.2) is 5.82 Å². The summed E-state index contributed by atoms with van der Waals surface area (Å²) in [4.78, 5) is 2.12. The molecule has 0 unspecified atom stereocenters. The van der Waals surface area contributed by atoms with Crippen molar-refractivity contribution in [2.24, 2.45) is 5.73 Å². The molecule has 0 bridgehead atoms. The third-order valence-electron chi connectivity index (χ3n) is 2.76. The zero-order valence-electron chi connectivity index (χ0n) is 10.4. The summed E-state index contributed by atoms with van der Waals surface area (Å²) in [7, 11) is 2.04. The van der Waals surface area contributed by atoms with Gasteiger partial charge in [-0.15, -0.1) is 5.10 Å². The highest BCUT2D eigenvalue weighted by molar-refractivity contribution is 7.98. The third kappa shape index (κ3) is 2.86. The first-order chi connectivity index (χ1) is 7.61. The van der Waals surface area contributed by atoms with Crippen LogP contribution in [0.25, 0.3) is 0 Å². The summed E-state index contributed by atoms with van der Waals surface area (Å²) in [5.41, 5.74) is 9.01. The van der Waals surface area contributed by atoms with Gasteiger partial charge in [0, 0.05) is 31.5 Å². The molecule has 0 fully saturated rings. The zero-order valence-corrected chi connectivity index (χ0v) is 11.3. The molecule has 16 heavy (non-hydrogen) atoms. The minimum Gasteiger partial charge on any atom is -0.357 e. The van der Waals surface area contributed by atoms with E-state index in [9.17, 15) is 0 Å². The van der Waals surface area contributed by atoms with E-state index in [0.29, 0.717) is 6.54 Å². The van der Waals surface area contributed by atoms with Crippen molar-refractivity contribution in [2.75, 3.05) is 30.5 Å². The first-order valence-electron chi connectivity index (χ1n) is 5.34. The maximum atomic E-state index is 5.79. The number of anilines is 1. The van der Waals surface area contributed by atoms with E-state index >= 15 is 0 Å². The fourth-order valence-electron chi connectivity index (χ4n) is 1.53. The third-order valence-corrected chi connectivity index (χ3v) is 3.35. The molecule has 0 amide bonds. The molecule has 0 aliphatic heterocycles. The second-order valence-corrected chi connectivity index (χ2v) is 4.82. The Bertz CT molecular complexity index is 354. The van der Waals surface area contributed by atoms with Crippen molar-refractivity contribution in [3.05, 3.63) is 16.8 Å². The standard InChI is InChI=1S/C11H20N4S/c1-8-9(2)13-14-11(10(8)7-12)15(3)5-6-16-4/h5-7,12H2,1-4H3. The Labute approximate surface area is 102 Å². The number of hydrogen-bond donors (Lipinski definition) is 1. The molecule has 0 atom stereocenters. The molecule has 4 nitrogen and oxygen atoms in total. The lowest BCUT2D eigenvalue weighted by molar-refractivity contribution is 0.844. The number of thioether (sulfide) groups is 1. The molecule has 0 aliphatic carbocycles. The molecule has 2 N–H and O–H groups in total. The van der Waals surface area contributed by atoms with Gasteiger partial charge in [-0.2, -0.15) is 16.9 Å². The molecule has 5 heteroatoms. The summed E-state index contributed by atoms with van der Waals surface area (Å²) in [5.74, 6) is 1.99. The maximum Gasteiger partial charge on any atom is 0.155 e. The van der Waals surface area contributed by atoms with Crippen LogP contribution >= 0.6 is 11.8 Å². The first-order valence-corrected chi connectivity index (χ1v) is 6.74. The average Bonchev–Trinajstić information content (AvgIpc) is 2.29. The highest BCUT2D eigenvalue weighted by Gasteiger charge is 2.12. The van der Waals surface area contributed by atoms with Crippen LogP contribution in [-0.4, -0.2) is 35.8 Å². The predicted octanol–water partition coefficient (Wildman–Crippen LogP) is 1.35. The number of aromatic nitrogens is 2. The monoisotopic (exact) mass is 240 g/mol. The van der Waals surface area contributed by atoms with E-state index in [1.54, 1.807) is 0 Å². The van der Waals surface area contributed by atoms with Gasteiger partial charge in [0.25, 0.3) is 0 Å². The second kappa shape index (κ2) is 6.06. The molecule has 0 aliphatic rings. The number of nitrogens with two attached hydrogens (primary N) is 1. The normalized spacial score (nSPS) is 10.6. The Kier molecular flexibility index (Phi) is 5.02. The molecular weight excluding hydrogens is 220 g/mol. The van der Waals surface area contributed by atoms with Crippen molar-refractivity contribution in [3.63, 3.8) is 0 Å². The van der Waals surface area contributed by atoms with Gasteiger partial charge in [-0.05, 0) is 25.7 Å². The summed E-state index contributed by atoms with van der Waals surface area (Å²) >= 11 is 1.82. The lowest BCUT2D eigenvalue weighted by atomic mass is 10.1. The average molecular weight is 240 g/mol. The number of rotatable bonds is 5. The van der Waals surface area contributed by atoms with Gasteiger partial charge < -0.3 is 10.6 Å². The van der Waals surface area contributed by atoms with Gasteiger partial charge in [0.2, 0.25) is 0 Å². The summed E-state index contributed by atoms with van der Waals surface area (Å²) in [6, 6.07) is 0. The van der Waals surface area contributed by atoms with E-state index in [1.165, 1.54) is 0 Å². The molecule has 1 aromatic heterocycles. The SMILES string of the molecule is CSCCN(C)c1nnc(C)c(C)c1CN. The lowest BCUT2D eigenvalue weighted by Crippen LogP contribution is -2.24. The van der Waals surface area contributed by atoms with Gasteiger partial charge in [-0.1, -0.05) is 0 Å². The van der Waals surface area contributed by atoms with Crippen LogP contribution in [0.4, 0.5) is 5.82 Å². The van der Waals surface area contributed by atoms with Crippen molar-refractivity contribution < 1.29 is 0 Å². The highest BCUT2D eigenvalue weighted by atomic mass is 32.2. The molecule has 0 radical (unpaired) electrons. The van der Waals surface area contributed by atoms with Crippen LogP contribution in [0.3, 0.4) is 0 Å². The van der Waals surface area contributed by atoms with Gasteiger partial charge in [-0.3, -0.25) is 0 Å². The van der Waals surface area contributed by atoms with Crippen LogP contribution in [0, 0.1) is 13.8 Å². The van der Waals surface area contributed by atoms with Crippen molar-refractivity contribution in [1.29, 1.82) is 0 Å². The van der Waals surface area contributed by atoms with Gasteiger partial charge in [-0.25, -0.2) is 0 Å². The van der Waals surface area contributed by atoms with Crippen LogP contribution in [0.15, 0.2) is 0 Å². The molecular formula is C11H20N4S. The van der Waals surface area contributed by atoms with Crippen LogP contribution in [0.2, 0.25) is 0 Å². The van der Waals surface area contributed by atoms with Crippen LogP contribution in [0.1, 0.15) is 16.8 Å². The highest BCUT2D eigenvalue weighted by Crippen LogP contribution is 2.20. The van der Waals surface area contributed by atoms with Crippen LogP contribution in [-0.2, 0) is 6.54 Å². The van der Waals surface area contributed by atoms with E-state index in [2.05, 4.69) is 28.3 Å². The van der Waals surface area contributed by atoms with E-state index < -0.39 is 0 Å². The largest absolute Gasteiger partial charge is 0.357 e. The summed E-state index contributed by atoms with van der Waals surface area (Å²) in [5, 5.41) is 8.41. The molecule has 1 heterocycles. The minimum absolute atomic E-state index is 0.515. The van der Waals surface area contributed by atoms with Gasteiger partial charge in [0.05, 0.1) is 5.69 Å². The van der Waals surface area contributed by atoms with Crippen LogP contribution in [0.5, 0.6) is 0 Å². The Morgan fingerprint density at radius 2 is 2.00 bits per heavy atom. The van der Waals surface area contributed by atoms with E-state index in [1.807, 2.05) is 25.7 Å². The van der Waals surface area contributed by atoms with Crippen molar-refractivity contribution in [1.82, 2.24) is 10.2 Å². The Balaban J connectivity index is 2.99. The van der Waals surface area contributed by atoms with Crippen LogP contribution < -0.4 is 10.6 Å². The Morgan fingerprint density at radius 1 is 1.31 bits per heavy atom. The zero-order chi connectivity index (χ0) is 12.1. The van der Waals surface area contributed by atoms with Gasteiger partial charge in [0.1, 0.15) is 0 Å². The molecule has 1 rings (SSSR count). The first kappa shape index (κ1) is 13.3. The second-order valence-electron chi connectivity index (χ2n) is 3.83. The molecule has 0 saturated carbocycles. The Hall–Kier alpha value is -0.810. The van der Waals surface area contributed by atoms with Gasteiger partial charge >= 0.3 is 0 Å². The van der Waals surface area contributed by atoms with E-state index in [-0.39, 0.29) is 0 Å². The number of aryl methyl sites for hydroxylation is 1. The topological polar surface area (TPSA) is 55.0 Å². The molecule has 0 spiro atoms. The number of hydrogen-bond acceptors (Lipinski definition) is 5. The van der Waals surface area contributed by atoms with Crippen molar-refractivity contribution in [3.8, 4) is 0 Å². The smallest absolute Gasteiger partial charge is 0.155 e. The predicted molar refractivity (Wildman–Crippen MR) is 71.0 cm³/mol. The van der Waals surface area contributed by atoms with E-state index in [0.717, 1.165) is 34.9 Å². The maximum absolute atomic E-state index is 5.79. The fraction of sp³-hybridized carbons (Fsp3) is 0.636. The quantitative estimate of drug-likeness (QED) is 0.842. The van der Waals surface area contributed by atoms with Crippen molar-refractivity contribution >= 4 is 17.6 Å². The minimum atomic E-state index is 0.515. The number of nitrogens with zero attached hydrogens (tertiary/aromatic N) is 3. The Morgan fingerprint density at radius 3 is 2.56 bits per heavy atom. The summed E-state index contributed by atoms with van der Waals surface area (Å²) in [6.07, 6.45) is 2.10. The van der Waals surface area contributed by atoms with E-state index in [4.69, 9.17) is 5.73 Å². The summed E-state index contributed by atoms with van der Waals surface area (Å²) < 4.78 is 0. The molecule has 0 aromatic carbocycles. The molecule has 1 aromatic rings.